The van der Waals surface area contributed by atoms with Gasteiger partial charge in [-0.1, -0.05) is 144 Å². The van der Waals surface area contributed by atoms with Gasteiger partial charge in [-0.2, -0.15) is 35.9 Å². The van der Waals surface area contributed by atoms with Crippen LogP contribution in [0.5, 0.6) is 0 Å². The fourth-order valence-corrected chi connectivity index (χ4v) is 9.38. The fourth-order valence-electron chi connectivity index (χ4n) is 9.38. The van der Waals surface area contributed by atoms with Gasteiger partial charge >= 0.3 is 0 Å². The van der Waals surface area contributed by atoms with Crippen molar-refractivity contribution in [3.05, 3.63) is 233 Å². The van der Waals surface area contributed by atoms with Gasteiger partial charge in [0.05, 0.1) is 0 Å². The SMILES string of the molecule is Cc1cc2c(cc1C)N(c1ccccc1)[CH-]N2c1[c-]c(C(c2[c-]c3c(cc2)c2ccccc2n3-c2cc(C(C)(C)C)ccn2)(c2ccccc2)c2ccccc2)cc(C(C)(C)C)c1.[Pt]. The van der Waals surface area contributed by atoms with E-state index in [0.717, 1.165) is 67.2 Å². The van der Waals surface area contributed by atoms with Gasteiger partial charge in [0.2, 0.25) is 0 Å². The maximum Gasteiger partial charge on any atom is 0.135 e. The van der Waals surface area contributed by atoms with Crippen molar-refractivity contribution in [3.63, 3.8) is 0 Å². The van der Waals surface area contributed by atoms with Crippen LogP contribution in [-0.4, -0.2) is 9.55 Å². The first-order chi connectivity index (χ1) is 30.3. The van der Waals surface area contributed by atoms with Crippen LogP contribution < -0.4 is 9.80 Å². The smallest absolute Gasteiger partial charge is 0.135 e. The van der Waals surface area contributed by atoms with Gasteiger partial charge in [-0.25, -0.2) is 4.98 Å². The van der Waals surface area contributed by atoms with Crippen LogP contribution in [0.1, 0.15) is 86.1 Å². The Morgan fingerprint density at radius 1 is 0.500 bits per heavy atom. The van der Waals surface area contributed by atoms with E-state index in [1.54, 1.807) is 0 Å². The van der Waals surface area contributed by atoms with E-state index in [4.69, 9.17) is 4.98 Å². The Morgan fingerprint density at radius 3 is 1.70 bits per heavy atom. The zero-order chi connectivity index (χ0) is 43.7. The number of hydrogen-bond donors (Lipinski definition) is 0. The summed E-state index contributed by atoms with van der Waals surface area (Å²) in [5.41, 5.74) is 14.7. The number of benzene rings is 7. The van der Waals surface area contributed by atoms with Crippen molar-refractivity contribution in [2.75, 3.05) is 9.80 Å². The number of aryl methyl sites for hydroxylation is 2. The molecule has 0 saturated carbocycles. The maximum atomic E-state index is 5.04. The maximum absolute atomic E-state index is 5.04. The normalized spacial score (nSPS) is 13.1. The number of anilines is 4. The molecule has 9 aromatic rings. The van der Waals surface area contributed by atoms with E-state index in [2.05, 4.69) is 252 Å². The van der Waals surface area contributed by atoms with Crippen molar-refractivity contribution in [3.8, 4) is 5.82 Å². The van der Waals surface area contributed by atoms with Crippen molar-refractivity contribution >= 4 is 44.6 Å². The zero-order valence-electron chi connectivity index (χ0n) is 37.8. The molecular weight excluding hydrogens is 960 g/mol. The summed E-state index contributed by atoms with van der Waals surface area (Å²) in [7, 11) is 0. The average molecular weight is 1010 g/mol. The largest absolute Gasteiger partial charge is 0.493 e. The summed E-state index contributed by atoms with van der Waals surface area (Å²) < 4.78 is 2.31. The molecule has 0 fully saturated rings. The third-order valence-electron chi connectivity index (χ3n) is 13.0. The van der Waals surface area contributed by atoms with E-state index >= 15 is 0 Å². The molecule has 0 bridgehead atoms. The Bertz CT molecular complexity index is 3100. The van der Waals surface area contributed by atoms with Gasteiger partial charge in [0.1, 0.15) is 5.82 Å². The predicted molar refractivity (Wildman–Crippen MR) is 263 cm³/mol. The molecule has 7 aromatic carbocycles. The third kappa shape index (κ3) is 7.27. The molecule has 0 unspecified atom stereocenters. The topological polar surface area (TPSA) is 24.3 Å². The van der Waals surface area contributed by atoms with Gasteiger partial charge in [-0.15, -0.1) is 34.9 Å². The Balaban J connectivity index is 0.00000518. The van der Waals surface area contributed by atoms with Crippen molar-refractivity contribution in [1.82, 2.24) is 9.55 Å². The molecule has 0 N–H and O–H groups in total. The Morgan fingerprint density at radius 2 is 1.08 bits per heavy atom. The van der Waals surface area contributed by atoms with Crippen LogP contribution in [0.4, 0.5) is 22.7 Å². The van der Waals surface area contributed by atoms with Crippen LogP contribution in [0.2, 0.25) is 0 Å². The molecule has 1 aliphatic rings. The number of para-hydroxylation sites is 2. The quantitative estimate of drug-likeness (QED) is 0.117. The number of fused-ring (bicyclic) bond motifs is 4. The van der Waals surface area contributed by atoms with Crippen LogP contribution in [0.25, 0.3) is 27.6 Å². The number of rotatable bonds is 7. The first kappa shape index (κ1) is 43.0. The molecule has 0 radical (unpaired) electrons. The molecule has 64 heavy (non-hydrogen) atoms. The monoisotopic (exact) mass is 1010 g/mol. The number of hydrogen-bond acceptors (Lipinski definition) is 3. The number of aromatic nitrogens is 2. The van der Waals surface area contributed by atoms with E-state index in [1.165, 1.54) is 27.6 Å². The summed E-state index contributed by atoms with van der Waals surface area (Å²) in [6.07, 6.45) is 1.95. The minimum Gasteiger partial charge on any atom is -0.493 e. The average Bonchev–Trinajstić information content (AvgIpc) is 3.82. The predicted octanol–water partition coefficient (Wildman–Crippen LogP) is 14.8. The molecule has 1 aliphatic heterocycles. The molecule has 0 amide bonds. The second-order valence-electron chi connectivity index (χ2n) is 19.2. The summed E-state index contributed by atoms with van der Waals surface area (Å²) in [5.74, 6) is 0.882. The van der Waals surface area contributed by atoms with Gasteiger partial charge in [-0.3, -0.25) is 0 Å². The van der Waals surface area contributed by atoms with Crippen molar-refractivity contribution in [2.45, 2.75) is 71.6 Å². The van der Waals surface area contributed by atoms with Gasteiger partial charge < -0.3 is 14.4 Å². The van der Waals surface area contributed by atoms with Gasteiger partial charge in [0, 0.05) is 55.3 Å². The molecule has 0 atom stereocenters. The summed E-state index contributed by atoms with van der Waals surface area (Å²) in [5, 5.41) is 2.30. The molecule has 5 heteroatoms. The third-order valence-corrected chi connectivity index (χ3v) is 13.0. The first-order valence-electron chi connectivity index (χ1n) is 22.0. The van der Waals surface area contributed by atoms with Gasteiger partial charge in [-0.05, 0) is 100 Å². The Kier molecular flexibility index (Phi) is 11.0. The molecule has 10 rings (SSSR count). The summed E-state index contributed by atoms with van der Waals surface area (Å²) in [6, 6.07) is 67.9. The molecule has 2 aromatic heterocycles. The molecule has 0 saturated heterocycles. The van der Waals surface area contributed by atoms with Gasteiger partial charge in [0.25, 0.3) is 0 Å². The second kappa shape index (κ2) is 16.4. The number of nitrogens with zero attached hydrogens (tertiary/aromatic N) is 4. The second-order valence-corrected chi connectivity index (χ2v) is 19.2. The van der Waals surface area contributed by atoms with Crippen LogP contribution >= 0.6 is 0 Å². The molecule has 3 heterocycles. The van der Waals surface area contributed by atoms with E-state index < -0.39 is 5.41 Å². The molecule has 0 aliphatic carbocycles. The van der Waals surface area contributed by atoms with Crippen molar-refractivity contribution in [2.24, 2.45) is 0 Å². The first-order valence-corrected chi connectivity index (χ1v) is 22.0. The van der Waals surface area contributed by atoms with Crippen molar-refractivity contribution in [1.29, 1.82) is 0 Å². The van der Waals surface area contributed by atoms with E-state index in [0.29, 0.717) is 0 Å². The Hall–Kier alpha value is -6.22. The van der Waals surface area contributed by atoms with Crippen LogP contribution in [-0.2, 0) is 37.3 Å². The molecule has 4 nitrogen and oxygen atoms in total. The van der Waals surface area contributed by atoms with Crippen LogP contribution in [0.3, 0.4) is 0 Å². The summed E-state index contributed by atoms with van der Waals surface area (Å²) in [6.45, 7) is 20.3. The summed E-state index contributed by atoms with van der Waals surface area (Å²) in [4.78, 5) is 9.69. The minimum atomic E-state index is -0.834. The minimum absolute atomic E-state index is 0. The fraction of sp³-hybridized carbons (Fsp3) is 0.186. The van der Waals surface area contributed by atoms with Gasteiger partial charge in [0.15, 0.2) is 0 Å². The zero-order valence-corrected chi connectivity index (χ0v) is 40.1. The van der Waals surface area contributed by atoms with Crippen LogP contribution in [0.15, 0.2) is 170 Å². The molecule has 0 spiro atoms. The standard InChI is InChI=1S/C59H53N4.Pt/c1-40-32-54-55(33-41(40)2)62(39-61(54)48-24-16-11-17-25-48)49-35-46(58(6,7)8)34-47(36-49)59(42-20-12-9-13-21-42,43-22-14-10-15-23-43)45-28-29-51-50-26-18-19-27-52(50)63(53(51)37-45)56-38-44(30-31-60-56)57(3,4)5;/h9-35,38-39H,1-8H3;/q-3;. The van der Waals surface area contributed by atoms with E-state index in [9.17, 15) is 0 Å². The molecule has 322 valence electrons. The Labute approximate surface area is 393 Å². The molecular formula is C59H53N4Pt-3. The van der Waals surface area contributed by atoms with E-state index in [-0.39, 0.29) is 31.9 Å². The number of pyridine rings is 1. The van der Waals surface area contributed by atoms with Crippen LogP contribution in [0, 0.1) is 32.6 Å². The summed E-state index contributed by atoms with van der Waals surface area (Å²) >= 11 is 0. The van der Waals surface area contributed by atoms with E-state index in [1.807, 2.05) is 6.20 Å². The van der Waals surface area contributed by atoms with Crippen molar-refractivity contribution < 1.29 is 21.1 Å².